The van der Waals surface area contributed by atoms with Gasteiger partial charge in [-0.1, -0.05) is 18.2 Å². The number of halogens is 1. The van der Waals surface area contributed by atoms with Crippen molar-refractivity contribution in [3.8, 4) is 0 Å². The van der Waals surface area contributed by atoms with E-state index < -0.39 is 0 Å². The van der Waals surface area contributed by atoms with E-state index in [-0.39, 0.29) is 23.3 Å². The van der Waals surface area contributed by atoms with Crippen LogP contribution in [0.2, 0.25) is 0 Å². The minimum Gasteiger partial charge on any atom is -0.337 e. The van der Waals surface area contributed by atoms with Gasteiger partial charge in [0.1, 0.15) is 10.8 Å². The molecule has 0 radical (unpaired) electrons. The van der Waals surface area contributed by atoms with Crippen LogP contribution in [0.1, 0.15) is 42.1 Å². The first-order valence-electron chi connectivity index (χ1n) is 7.72. The molecule has 1 fully saturated rings. The number of urea groups is 1. The van der Waals surface area contributed by atoms with Crippen LogP contribution < -0.4 is 10.6 Å². The van der Waals surface area contributed by atoms with Crippen molar-refractivity contribution in [1.82, 2.24) is 15.6 Å². The van der Waals surface area contributed by atoms with E-state index in [0.717, 1.165) is 23.5 Å². The number of amides is 2. The predicted molar refractivity (Wildman–Crippen MR) is 89.1 cm³/mol. The summed E-state index contributed by atoms with van der Waals surface area (Å²) in [5.41, 5.74) is 1.41. The summed E-state index contributed by atoms with van der Waals surface area (Å²) in [5.74, 6) is -0.196. The molecule has 1 aromatic carbocycles. The van der Waals surface area contributed by atoms with Crippen LogP contribution in [-0.2, 0) is 5.41 Å². The maximum atomic E-state index is 13.9. The second-order valence-corrected chi connectivity index (χ2v) is 7.03. The Kier molecular flexibility index (Phi) is 4.35. The van der Waals surface area contributed by atoms with Crippen LogP contribution in [0, 0.1) is 12.7 Å². The van der Waals surface area contributed by atoms with Gasteiger partial charge >= 0.3 is 6.03 Å². The summed E-state index contributed by atoms with van der Waals surface area (Å²) < 4.78 is 13.9. The number of carbonyl (C=O) groups is 1. The van der Waals surface area contributed by atoms with Gasteiger partial charge in [0.2, 0.25) is 0 Å². The van der Waals surface area contributed by atoms with Crippen LogP contribution in [-0.4, -0.2) is 17.6 Å². The number of hydrogen-bond acceptors (Lipinski definition) is 3. The van der Waals surface area contributed by atoms with Crippen LogP contribution in [0.15, 0.2) is 29.6 Å². The third-order valence-electron chi connectivity index (χ3n) is 4.24. The predicted octanol–water partition coefficient (Wildman–Crippen LogP) is 3.68. The zero-order valence-electron chi connectivity index (χ0n) is 13.2. The largest absolute Gasteiger partial charge is 0.337 e. The molecule has 1 aromatic heterocycles. The van der Waals surface area contributed by atoms with Crippen molar-refractivity contribution in [3.05, 3.63) is 51.7 Å². The SMILES string of the molecule is Cc1csc(C(C)NC(=O)NCC2(c3ccccc3F)CC2)n1. The van der Waals surface area contributed by atoms with E-state index >= 15 is 0 Å². The van der Waals surface area contributed by atoms with Gasteiger partial charge in [0, 0.05) is 23.0 Å². The van der Waals surface area contributed by atoms with Crippen LogP contribution >= 0.6 is 11.3 Å². The molecule has 122 valence electrons. The second-order valence-electron chi connectivity index (χ2n) is 6.14. The minimum absolute atomic E-state index is 0.141. The van der Waals surface area contributed by atoms with E-state index in [1.165, 1.54) is 17.4 Å². The molecular weight excluding hydrogens is 313 g/mol. The van der Waals surface area contributed by atoms with Gasteiger partial charge in [0.15, 0.2) is 0 Å². The van der Waals surface area contributed by atoms with E-state index in [0.29, 0.717) is 12.1 Å². The summed E-state index contributed by atoms with van der Waals surface area (Å²) in [6.45, 7) is 4.28. The number of hydrogen-bond donors (Lipinski definition) is 2. The molecule has 3 rings (SSSR count). The second kappa shape index (κ2) is 6.28. The van der Waals surface area contributed by atoms with E-state index in [1.54, 1.807) is 6.07 Å². The average Bonchev–Trinajstić information content (AvgIpc) is 3.19. The van der Waals surface area contributed by atoms with Crippen LogP contribution in [0.5, 0.6) is 0 Å². The average molecular weight is 333 g/mol. The Morgan fingerprint density at radius 1 is 1.43 bits per heavy atom. The molecule has 1 saturated carbocycles. The molecule has 0 aliphatic heterocycles. The molecule has 2 aromatic rings. The summed E-state index contributed by atoms with van der Waals surface area (Å²) in [4.78, 5) is 16.5. The topological polar surface area (TPSA) is 54.0 Å². The van der Waals surface area contributed by atoms with E-state index in [4.69, 9.17) is 0 Å². The lowest BCUT2D eigenvalue weighted by molar-refractivity contribution is 0.236. The fourth-order valence-corrected chi connectivity index (χ4v) is 3.52. The molecule has 0 spiro atoms. The van der Waals surface area contributed by atoms with Crippen LogP contribution in [0.25, 0.3) is 0 Å². The Balaban J connectivity index is 1.56. The van der Waals surface area contributed by atoms with E-state index in [1.807, 2.05) is 31.4 Å². The maximum Gasteiger partial charge on any atom is 0.315 e. The van der Waals surface area contributed by atoms with Gasteiger partial charge in [-0.05, 0) is 38.3 Å². The number of carbonyl (C=O) groups excluding carboxylic acids is 1. The lowest BCUT2D eigenvalue weighted by atomic mass is 9.95. The Hall–Kier alpha value is -1.95. The molecule has 1 unspecified atom stereocenters. The smallest absolute Gasteiger partial charge is 0.315 e. The zero-order valence-corrected chi connectivity index (χ0v) is 14.0. The van der Waals surface area contributed by atoms with Crippen molar-refractivity contribution in [2.24, 2.45) is 0 Å². The Labute approximate surface area is 139 Å². The number of aromatic nitrogens is 1. The summed E-state index contributed by atoms with van der Waals surface area (Å²) >= 11 is 1.53. The van der Waals surface area contributed by atoms with Crippen LogP contribution in [0.4, 0.5) is 9.18 Å². The van der Waals surface area contributed by atoms with E-state index in [2.05, 4.69) is 15.6 Å². The molecule has 1 atom stereocenters. The molecule has 1 heterocycles. The monoisotopic (exact) mass is 333 g/mol. The molecule has 4 nitrogen and oxygen atoms in total. The van der Waals surface area contributed by atoms with Crippen molar-refractivity contribution in [2.45, 2.75) is 38.1 Å². The van der Waals surface area contributed by atoms with E-state index in [9.17, 15) is 9.18 Å². The molecule has 1 aliphatic carbocycles. The van der Waals surface area contributed by atoms with Crippen molar-refractivity contribution >= 4 is 17.4 Å². The number of nitrogens with one attached hydrogen (secondary N) is 2. The number of rotatable bonds is 5. The molecular formula is C17H20FN3OS. The summed E-state index contributed by atoms with van der Waals surface area (Å²) in [6.07, 6.45) is 1.80. The standard InChI is InChI=1S/C17H20FN3OS/c1-11-9-23-15(20-11)12(2)21-16(22)19-10-17(7-8-17)13-5-3-4-6-14(13)18/h3-6,9,12H,7-8,10H2,1-2H3,(H2,19,21,22). The summed E-state index contributed by atoms with van der Waals surface area (Å²) in [5, 5.41) is 8.60. The van der Waals surface area contributed by atoms with Gasteiger partial charge in [-0.25, -0.2) is 14.2 Å². The molecule has 2 N–H and O–H groups in total. The van der Waals surface area contributed by atoms with Crippen molar-refractivity contribution < 1.29 is 9.18 Å². The Morgan fingerprint density at radius 3 is 2.78 bits per heavy atom. The van der Waals surface area contributed by atoms with Gasteiger partial charge < -0.3 is 10.6 Å². The number of benzene rings is 1. The highest BCUT2D eigenvalue weighted by atomic mass is 32.1. The zero-order chi connectivity index (χ0) is 16.4. The third kappa shape index (κ3) is 3.52. The lowest BCUT2D eigenvalue weighted by Crippen LogP contribution is -2.41. The van der Waals surface area contributed by atoms with Gasteiger partial charge in [-0.3, -0.25) is 0 Å². The number of aryl methyl sites for hydroxylation is 1. The van der Waals surface area contributed by atoms with Gasteiger partial charge in [-0.2, -0.15) is 0 Å². The number of thiazole rings is 1. The Morgan fingerprint density at radius 2 is 2.17 bits per heavy atom. The number of nitrogens with zero attached hydrogens (tertiary/aromatic N) is 1. The first-order chi connectivity index (χ1) is 11.0. The molecule has 6 heteroatoms. The fraction of sp³-hybridized carbons (Fsp3) is 0.412. The first kappa shape index (κ1) is 15.9. The maximum absolute atomic E-state index is 13.9. The molecule has 23 heavy (non-hydrogen) atoms. The summed E-state index contributed by atoms with van der Waals surface area (Å²) in [7, 11) is 0. The Bertz CT molecular complexity index is 711. The minimum atomic E-state index is -0.246. The van der Waals surface area contributed by atoms with Gasteiger partial charge in [-0.15, -0.1) is 11.3 Å². The molecule has 0 bridgehead atoms. The highest BCUT2D eigenvalue weighted by molar-refractivity contribution is 7.09. The van der Waals surface area contributed by atoms with Crippen molar-refractivity contribution in [1.29, 1.82) is 0 Å². The quantitative estimate of drug-likeness (QED) is 0.877. The molecule has 0 saturated heterocycles. The highest BCUT2D eigenvalue weighted by Gasteiger charge is 2.46. The van der Waals surface area contributed by atoms with Crippen LogP contribution in [0.3, 0.4) is 0 Å². The first-order valence-corrected chi connectivity index (χ1v) is 8.59. The lowest BCUT2D eigenvalue weighted by Gasteiger charge is -2.19. The van der Waals surface area contributed by atoms with Crippen molar-refractivity contribution in [2.75, 3.05) is 6.54 Å². The highest BCUT2D eigenvalue weighted by Crippen LogP contribution is 2.48. The van der Waals surface area contributed by atoms with Crippen molar-refractivity contribution in [3.63, 3.8) is 0 Å². The fourth-order valence-electron chi connectivity index (χ4n) is 2.71. The summed E-state index contributed by atoms with van der Waals surface area (Å²) in [6, 6.07) is 6.42. The molecule has 2 amide bonds. The molecule has 1 aliphatic rings. The normalized spacial score (nSPS) is 16.7. The third-order valence-corrected chi connectivity index (χ3v) is 5.39. The van der Waals surface area contributed by atoms with Gasteiger partial charge in [0.05, 0.1) is 6.04 Å². The van der Waals surface area contributed by atoms with Gasteiger partial charge in [0.25, 0.3) is 0 Å².